The molecule has 0 bridgehead atoms. The zero-order valence-corrected chi connectivity index (χ0v) is 17.7. The van der Waals surface area contributed by atoms with E-state index in [1.807, 2.05) is 11.6 Å². The predicted molar refractivity (Wildman–Crippen MR) is 116 cm³/mol. The van der Waals surface area contributed by atoms with Crippen molar-refractivity contribution >= 4 is 0 Å². The lowest BCUT2D eigenvalue weighted by Crippen LogP contribution is -2.35. The van der Waals surface area contributed by atoms with Crippen LogP contribution in [-0.4, -0.2) is 41.0 Å². The number of nitrogens with one attached hydrogen (secondary N) is 1. The first-order valence-corrected chi connectivity index (χ1v) is 10.5. The van der Waals surface area contributed by atoms with Crippen molar-refractivity contribution in [3.8, 4) is 5.69 Å². The van der Waals surface area contributed by atoms with Crippen LogP contribution in [0.25, 0.3) is 5.69 Å². The van der Waals surface area contributed by atoms with Crippen LogP contribution in [0, 0.1) is 19.7 Å². The fourth-order valence-electron chi connectivity index (χ4n) is 3.88. The molecule has 30 heavy (non-hydrogen) atoms. The Morgan fingerprint density at radius 1 is 0.933 bits per heavy atom. The second-order valence-corrected chi connectivity index (χ2v) is 7.85. The smallest absolute Gasteiger partial charge is 0.123 e. The van der Waals surface area contributed by atoms with Gasteiger partial charge < -0.3 is 10.1 Å². The van der Waals surface area contributed by atoms with Gasteiger partial charge in [-0.1, -0.05) is 24.3 Å². The van der Waals surface area contributed by atoms with E-state index in [4.69, 9.17) is 4.74 Å². The fourth-order valence-corrected chi connectivity index (χ4v) is 3.88. The van der Waals surface area contributed by atoms with E-state index in [0.717, 1.165) is 63.0 Å². The molecule has 6 heteroatoms. The molecule has 158 valence electrons. The summed E-state index contributed by atoms with van der Waals surface area (Å²) < 4.78 is 20.5. The number of hydrogen-bond acceptors (Lipinski definition) is 4. The SMILES string of the molecule is Cc1nn(-c2ccc(F)cc2)c(C)c1CNCc1ccc(CN2CCOCC2)cc1. The van der Waals surface area contributed by atoms with Gasteiger partial charge in [-0.2, -0.15) is 5.10 Å². The zero-order valence-electron chi connectivity index (χ0n) is 17.7. The number of rotatable bonds is 7. The van der Waals surface area contributed by atoms with Crippen molar-refractivity contribution in [2.24, 2.45) is 0 Å². The van der Waals surface area contributed by atoms with E-state index in [2.05, 4.69) is 46.5 Å². The third-order valence-electron chi connectivity index (χ3n) is 5.68. The fraction of sp³-hybridized carbons (Fsp3) is 0.375. The van der Waals surface area contributed by atoms with Gasteiger partial charge in [0.15, 0.2) is 0 Å². The summed E-state index contributed by atoms with van der Waals surface area (Å²) in [7, 11) is 0. The maximum Gasteiger partial charge on any atom is 0.123 e. The molecule has 1 N–H and O–H groups in total. The molecular weight excluding hydrogens is 379 g/mol. The Kier molecular flexibility index (Phi) is 6.57. The van der Waals surface area contributed by atoms with Gasteiger partial charge in [0.25, 0.3) is 0 Å². The number of benzene rings is 2. The van der Waals surface area contributed by atoms with Gasteiger partial charge in [0.1, 0.15) is 5.82 Å². The van der Waals surface area contributed by atoms with Gasteiger partial charge in [-0.25, -0.2) is 9.07 Å². The van der Waals surface area contributed by atoms with Crippen LogP contribution < -0.4 is 5.32 Å². The van der Waals surface area contributed by atoms with E-state index in [9.17, 15) is 4.39 Å². The van der Waals surface area contributed by atoms with Gasteiger partial charge in [0, 0.05) is 44.0 Å². The molecule has 1 aromatic heterocycles. The summed E-state index contributed by atoms with van der Waals surface area (Å²) >= 11 is 0. The topological polar surface area (TPSA) is 42.3 Å². The summed E-state index contributed by atoms with van der Waals surface area (Å²) in [5, 5.41) is 8.18. The molecule has 0 saturated carbocycles. The van der Waals surface area contributed by atoms with E-state index < -0.39 is 0 Å². The Hall–Kier alpha value is -2.54. The second kappa shape index (κ2) is 9.51. The van der Waals surface area contributed by atoms with E-state index in [0.29, 0.717) is 0 Å². The number of nitrogens with zero attached hydrogens (tertiary/aromatic N) is 3. The molecule has 0 spiro atoms. The number of aromatic nitrogens is 2. The highest BCUT2D eigenvalue weighted by Crippen LogP contribution is 2.18. The minimum Gasteiger partial charge on any atom is -0.379 e. The Morgan fingerprint density at radius 3 is 2.30 bits per heavy atom. The van der Waals surface area contributed by atoms with E-state index in [1.165, 1.54) is 28.8 Å². The summed E-state index contributed by atoms with van der Waals surface area (Å²) in [6.07, 6.45) is 0. The van der Waals surface area contributed by atoms with Crippen molar-refractivity contribution < 1.29 is 9.13 Å². The number of halogens is 1. The number of ether oxygens (including phenoxy) is 1. The quantitative estimate of drug-likeness (QED) is 0.647. The largest absolute Gasteiger partial charge is 0.379 e. The highest BCUT2D eigenvalue weighted by atomic mass is 19.1. The van der Waals surface area contributed by atoms with Crippen LogP contribution >= 0.6 is 0 Å². The molecule has 1 saturated heterocycles. The van der Waals surface area contributed by atoms with Gasteiger partial charge in [-0.15, -0.1) is 0 Å². The molecule has 0 radical (unpaired) electrons. The summed E-state index contributed by atoms with van der Waals surface area (Å²) in [5.74, 6) is -0.238. The second-order valence-electron chi connectivity index (χ2n) is 7.85. The third kappa shape index (κ3) is 4.95. The van der Waals surface area contributed by atoms with Crippen molar-refractivity contribution in [3.05, 3.63) is 82.4 Å². The average Bonchev–Trinajstić information content (AvgIpc) is 3.04. The summed E-state index contributed by atoms with van der Waals surface area (Å²) in [4.78, 5) is 2.43. The monoisotopic (exact) mass is 408 g/mol. The molecule has 3 aromatic rings. The maximum absolute atomic E-state index is 13.2. The maximum atomic E-state index is 13.2. The van der Waals surface area contributed by atoms with Crippen molar-refractivity contribution in [1.29, 1.82) is 0 Å². The van der Waals surface area contributed by atoms with Crippen LogP contribution in [0.1, 0.15) is 28.1 Å². The molecule has 1 aliphatic rings. The zero-order chi connectivity index (χ0) is 20.9. The Balaban J connectivity index is 1.33. The van der Waals surface area contributed by atoms with Crippen LogP contribution in [0.15, 0.2) is 48.5 Å². The highest BCUT2D eigenvalue weighted by Gasteiger charge is 2.13. The standard InChI is InChI=1S/C24H29FN4O/c1-18-24(19(2)29(27-18)23-9-7-22(25)8-10-23)16-26-15-20-3-5-21(6-4-20)17-28-11-13-30-14-12-28/h3-10,26H,11-17H2,1-2H3. The van der Waals surface area contributed by atoms with Crippen LogP contribution in [0.4, 0.5) is 4.39 Å². The van der Waals surface area contributed by atoms with Gasteiger partial charge >= 0.3 is 0 Å². The van der Waals surface area contributed by atoms with Gasteiger partial charge in [-0.05, 0) is 49.2 Å². The van der Waals surface area contributed by atoms with Crippen LogP contribution in [0.5, 0.6) is 0 Å². The number of morpholine rings is 1. The van der Waals surface area contributed by atoms with Crippen LogP contribution in [0.3, 0.4) is 0 Å². The minimum atomic E-state index is -0.238. The van der Waals surface area contributed by atoms with E-state index in [-0.39, 0.29) is 5.82 Å². The normalized spacial score (nSPS) is 14.9. The molecule has 1 fully saturated rings. The third-order valence-corrected chi connectivity index (χ3v) is 5.68. The molecule has 5 nitrogen and oxygen atoms in total. The Bertz CT molecular complexity index is 960. The van der Waals surface area contributed by atoms with E-state index >= 15 is 0 Å². The highest BCUT2D eigenvalue weighted by molar-refractivity contribution is 5.37. The Morgan fingerprint density at radius 2 is 1.60 bits per heavy atom. The first-order valence-electron chi connectivity index (χ1n) is 10.5. The van der Waals surface area contributed by atoms with E-state index in [1.54, 1.807) is 12.1 Å². The lowest BCUT2D eigenvalue weighted by molar-refractivity contribution is 0.0342. The molecule has 4 rings (SSSR count). The molecule has 0 atom stereocenters. The molecule has 0 amide bonds. The molecule has 0 unspecified atom stereocenters. The van der Waals surface area contributed by atoms with Crippen molar-refractivity contribution in [2.75, 3.05) is 26.3 Å². The van der Waals surface area contributed by atoms with Crippen molar-refractivity contribution in [3.63, 3.8) is 0 Å². The molecule has 0 aliphatic carbocycles. The van der Waals surface area contributed by atoms with Crippen LogP contribution in [-0.2, 0) is 24.4 Å². The van der Waals surface area contributed by atoms with Gasteiger partial charge in [0.05, 0.1) is 24.6 Å². The molecule has 1 aliphatic heterocycles. The molecule has 2 aromatic carbocycles. The first-order chi connectivity index (χ1) is 14.6. The summed E-state index contributed by atoms with van der Waals surface area (Å²) in [6, 6.07) is 15.3. The van der Waals surface area contributed by atoms with Crippen molar-refractivity contribution in [1.82, 2.24) is 20.0 Å². The van der Waals surface area contributed by atoms with Crippen LogP contribution in [0.2, 0.25) is 0 Å². The summed E-state index contributed by atoms with van der Waals surface area (Å²) in [5.41, 5.74) is 6.73. The van der Waals surface area contributed by atoms with Gasteiger partial charge in [-0.3, -0.25) is 4.90 Å². The molecular formula is C24H29FN4O. The van der Waals surface area contributed by atoms with Gasteiger partial charge in [0.2, 0.25) is 0 Å². The number of hydrogen-bond donors (Lipinski definition) is 1. The predicted octanol–water partition coefficient (Wildman–Crippen LogP) is 3.75. The minimum absolute atomic E-state index is 0.238. The summed E-state index contributed by atoms with van der Waals surface area (Å²) in [6.45, 7) is 10.3. The lowest BCUT2D eigenvalue weighted by Gasteiger charge is -2.26. The average molecular weight is 409 g/mol. The first kappa shape index (κ1) is 20.7. The van der Waals surface area contributed by atoms with Crippen molar-refractivity contribution in [2.45, 2.75) is 33.5 Å². The Labute approximate surface area is 177 Å². The lowest BCUT2D eigenvalue weighted by atomic mass is 10.1. The molecule has 2 heterocycles. The number of aryl methyl sites for hydroxylation is 1.